The zero-order chi connectivity index (χ0) is 16.7. The summed E-state index contributed by atoms with van der Waals surface area (Å²) in [7, 11) is 0. The second kappa shape index (κ2) is 6.51. The summed E-state index contributed by atoms with van der Waals surface area (Å²) in [6, 6.07) is 11.4. The Hall–Kier alpha value is -1.35. The van der Waals surface area contributed by atoms with Crippen LogP contribution in [0.3, 0.4) is 0 Å². The van der Waals surface area contributed by atoms with Gasteiger partial charge in [0, 0.05) is 30.5 Å². The highest BCUT2D eigenvalue weighted by Crippen LogP contribution is 2.43. The van der Waals surface area contributed by atoms with Gasteiger partial charge in [-0.3, -0.25) is 4.79 Å². The quantitative estimate of drug-likeness (QED) is 0.903. The van der Waals surface area contributed by atoms with Gasteiger partial charge in [0.15, 0.2) is 0 Å². The SMILES string of the molecule is CC1CC(c2ccccc2)CN1C(=O)C1CC2CCCC(C1)C2N. The molecule has 1 amide bonds. The van der Waals surface area contributed by atoms with E-state index < -0.39 is 0 Å². The molecule has 1 aromatic carbocycles. The van der Waals surface area contributed by atoms with E-state index in [1.807, 2.05) is 0 Å². The van der Waals surface area contributed by atoms with Crippen molar-refractivity contribution in [1.29, 1.82) is 0 Å². The van der Waals surface area contributed by atoms with Crippen molar-refractivity contribution >= 4 is 5.91 Å². The van der Waals surface area contributed by atoms with Gasteiger partial charge in [0.2, 0.25) is 5.91 Å². The van der Waals surface area contributed by atoms with Gasteiger partial charge in [0.25, 0.3) is 0 Å². The van der Waals surface area contributed by atoms with E-state index in [0.717, 1.165) is 25.8 Å². The van der Waals surface area contributed by atoms with Crippen LogP contribution in [-0.4, -0.2) is 29.4 Å². The van der Waals surface area contributed by atoms with Gasteiger partial charge in [0.1, 0.15) is 0 Å². The summed E-state index contributed by atoms with van der Waals surface area (Å²) in [6.45, 7) is 3.11. The molecular formula is C21H30N2O. The molecule has 2 aliphatic carbocycles. The van der Waals surface area contributed by atoms with E-state index in [0.29, 0.717) is 35.7 Å². The maximum atomic E-state index is 13.2. The van der Waals surface area contributed by atoms with Crippen molar-refractivity contribution in [3.8, 4) is 0 Å². The van der Waals surface area contributed by atoms with Gasteiger partial charge < -0.3 is 10.6 Å². The van der Waals surface area contributed by atoms with Crippen LogP contribution in [0.4, 0.5) is 0 Å². The van der Waals surface area contributed by atoms with Gasteiger partial charge in [-0.25, -0.2) is 0 Å². The largest absolute Gasteiger partial charge is 0.339 e. The number of fused-ring (bicyclic) bond motifs is 2. The standard InChI is InChI=1S/C21H30N2O/c1-14-10-19(15-6-3-2-4-7-15)13-23(14)21(24)18-11-16-8-5-9-17(12-18)20(16)22/h2-4,6-7,14,16-20H,5,8-13,22H2,1H3. The molecular weight excluding hydrogens is 296 g/mol. The second-order valence-corrected chi connectivity index (χ2v) is 8.38. The van der Waals surface area contributed by atoms with Crippen LogP contribution in [0.1, 0.15) is 56.9 Å². The molecule has 4 unspecified atom stereocenters. The Morgan fingerprint density at radius 1 is 1.08 bits per heavy atom. The van der Waals surface area contributed by atoms with Crippen LogP contribution in [0.25, 0.3) is 0 Å². The van der Waals surface area contributed by atoms with Crippen molar-refractivity contribution in [2.45, 2.75) is 63.5 Å². The molecule has 0 radical (unpaired) electrons. The minimum absolute atomic E-state index is 0.220. The third kappa shape index (κ3) is 2.88. The Kier molecular flexibility index (Phi) is 4.38. The normalized spacial score (nSPS) is 39.0. The smallest absolute Gasteiger partial charge is 0.225 e. The molecule has 3 nitrogen and oxygen atoms in total. The van der Waals surface area contributed by atoms with E-state index in [1.165, 1.54) is 24.8 Å². The van der Waals surface area contributed by atoms with Crippen LogP contribution >= 0.6 is 0 Å². The lowest BCUT2D eigenvalue weighted by molar-refractivity contribution is -0.139. The fourth-order valence-corrected chi connectivity index (χ4v) is 5.53. The van der Waals surface area contributed by atoms with Crippen molar-refractivity contribution in [2.75, 3.05) is 6.54 Å². The molecule has 24 heavy (non-hydrogen) atoms. The first kappa shape index (κ1) is 16.1. The molecule has 3 fully saturated rings. The lowest BCUT2D eigenvalue weighted by Crippen LogP contribution is -2.50. The van der Waals surface area contributed by atoms with Crippen LogP contribution in [-0.2, 0) is 4.79 Å². The van der Waals surface area contributed by atoms with Crippen LogP contribution in [0.5, 0.6) is 0 Å². The molecule has 1 aromatic rings. The number of carbonyl (C=O) groups excluding carboxylic acids is 1. The number of benzene rings is 1. The summed E-state index contributed by atoms with van der Waals surface area (Å²) >= 11 is 0. The van der Waals surface area contributed by atoms with Gasteiger partial charge in [-0.05, 0) is 56.4 Å². The maximum absolute atomic E-state index is 13.2. The third-order valence-electron chi connectivity index (χ3n) is 6.89. The zero-order valence-electron chi connectivity index (χ0n) is 14.7. The highest BCUT2D eigenvalue weighted by atomic mass is 16.2. The Morgan fingerprint density at radius 3 is 2.42 bits per heavy atom. The maximum Gasteiger partial charge on any atom is 0.225 e. The first-order valence-corrected chi connectivity index (χ1v) is 9.74. The van der Waals surface area contributed by atoms with Gasteiger partial charge in [-0.1, -0.05) is 36.8 Å². The van der Waals surface area contributed by atoms with Crippen molar-refractivity contribution in [2.24, 2.45) is 23.5 Å². The Morgan fingerprint density at radius 2 is 1.75 bits per heavy atom. The summed E-state index contributed by atoms with van der Waals surface area (Å²) in [5.41, 5.74) is 7.78. The summed E-state index contributed by atoms with van der Waals surface area (Å²) < 4.78 is 0. The fraction of sp³-hybridized carbons (Fsp3) is 0.667. The fourth-order valence-electron chi connectivity index (χ4n) is 5.53. The van der Waals surface area contributed by atoms with E-state index in [9.17, 15) is 4.79 Å². The number of likely N-dealkylation sites (tertiary alicyclic amines) is 1. The number of amides is 1. The molecule has 4 rings (SSSR count). The van der Waals surface area contributed by atoms with Crippen molar-refractivity contribution in [1.82, 2.24) is 4.90 Å². The van der Waals surface area contributed by atoms with Crippen LogP contribution in [0.15, 0.2) is 30.3 Å². The number of hydrogen-bond acceptors (Lipinski definition) is 2. The summed E-state index contributed by atoms with van der Waals surface area (Å²) in [6.07, 6.45) is 6.90. The van der Waals surface area contributed by atoms with E-state index >= 15 is 0 Å². The first-order chi connectivity index (χ1) is 11.6. The zero-order valence-corrected chi connectivity index (χ0v) is 14.7. The van der Waals surface area contributed by atoms with E-state index in [-0.39, 0.29) is 5.92 Å². The predicted molar refractivity (Wildman–Crippen MR) is 96.5 cm³/mol. The summed E-state index contributed by atoms with van der Waals surface area (Å²) in [5, 5.41) is 0. The average molecular weight is 326 g/mol. The van der Waals surface area contributed by atoms with Crippen LogP contribution in [0, 0.1) is 17.8 Å². The van der Waals surface area contributed by atoms with E-state index in [2.05, 4.69) is 42.2 Å². The average Bonchev–Trinajstić information content (AvgIpc) is 2.97. The Labute approximate surface area is 145 Å². The highest BCUT2D eigenvalue weighted by Gasteiger charge is 2.43. The molecule has 2 saturated carbocycles. The minimum atomic E-state index is 0.220. The Bertz CT molecular complexity index is 573. The molecule has 2 bridgehead atoms. The minimum Gasteiger partial charge on any atom is -0.339 e. The second-order valence-electron chi connectivity index (χ2n) is 8.38. The lowest BCUT2D eigenvalue weighted by atomic mass is 9.65. The first-order valence-electron chi connectivity index (χ1n) is 9.74. The van der Waals surface area contributed by atoms with Crippen LogP contribution in [0.2, 0.25) is 0 Å². The molecule has 1 heterocycles. The molecule has 130 valence electrons. The van der Waals surface area contributed by atoms with E-state index in [1.54, 1.807) is 0 Å². The molecule has 1 saturated heterocycles. The van der Waals surface area contributed by atoms with Crippen molar-refractivity contribution in [3.63, 3.8) is 0 Å². The number of nitrogens with two attached hydrogens (primary N) is 1. The number of rotatable bonds is 2. The van der Waals surface area contributed by atoms with E-state index in [4.69, 9.17) is 5.73 Å². The van der Waals surface area contributed by atoms with Crippen molar-refractivity contribution in [3.05, 3.63) is 35.9 Å². The highest BCUT2D eigenvalue weighted by molar-refractivity contribution is 5.80. The molecule has 3 aliphatic rings. The number of hydrogen-bond donors (Lipinski definition) is 1. The molecule has 2 N–H and O–H groups in total. The van der Waals surface area contributed by atoms with Crippen LogP contribution < -0.4 is 5.73 Å². The number of carbonyl (C=O) groups is 1. The molecule has 0 spiro atoms. The Balaban J connectivity index is 1.45. The lowest BCUT2D eigenvalue weighted by Gasteiger charge is -2.44. The van der Waals surface area contributed by atoms with Gasteiger partial charge in [0.05, 0.1) is 0 Å². The molecule has 1 aliphatic heterocycles. The van der Waals surface area contributed by atoms with Gasteiger partial charge >= 0.3 is 0 Å². The summed E-state index contributed by atoms with van der Waals surface area (Å²) in [4.78, 5) is 15.4. The molecule has 3 heteroatoms. The third-order valence-corrected chi connectivity index (χ3v) is 6.89. The monoisotopic (exact) mass is 326 g/mol. The summed E-state index contributed by atoms with van der Waals surface area (Å²) in [5.74, 6) is 2.28. The topological polar surface area (TPSA) is 46.3 Å². The molecule has 0 aromatic heterocycles. The van der Waals surface area contributed by atoms with Crippen molar-refractivity contribution < 1.29 is 4.79 Å². The van der Waals surface area contributed by atoms with Gasteiger partial charge in [-0.15, -0.1) is 0 Å². The predicted octanol–water partition coefficient (Wildman–Crippen LogP) is 3.54. The number of nitrogens with zero attached hydrogens (tertiary/aromatic N) is 1. The molecule has 4 atom stereocenters. The van der Waals surface area contributed by atoms with Gasteiger partial charge in [-0.2, -0.15) is 0 Å².